The van der Waals surface area contributed by atoms with Gasteiger partial charge in [-0.2, -0.15) is 0 Å². The van der Waals surface area contributed by atoms with Crippen LogP contribution >= 0.6 is 15.6 Å². The summed E-state index contributed by atoms with van der Waals surface area (Å²) < 4.78 is 73.4. The molecule has 0 heterocycles. The van der Waals surface area contributed by atoms with Gasteiger partial charge in [0.1, 0.15) is 6.10 Å². The van der Waals surface area contributed by atoms with E-state index in [1.807, 2.05) is 0 Å². The third kappa shape index (κ3) is 72.7. The molecule has 0 aliphatic carbocycles. The van der Waals surface area contributed by atoms with Crippen LogP contribution in [0.3, 0.4) is 0 Å². The molecular formula is C88H176N4O17P2. The van der Waals surface area contributed by atoms with E-state index in [-0.39, 0.29) is 82.7 Å². The first kappa shape index (κ1) is 109. The number of nitrogens with one attached hydrogen (secondary N) is 2. The van der Waals surface area contributed by atoms with Gasteiger partial charge in [0, 0.05) is 59.5 Å². The highest BCUT2D eigenvalue weighted by Crippen LogP contribution is 2.44. The second kappa shape index (κ2) is 80.2. The van der Waals surface area contributed by atoms with Gasteiger partial charge in [0.2, 0.25) is 11.8 Å². The number of aliphatic hydroxyl groups excluding tert-OH is 1. The largest absolute Gasteiger partial charge is 0.472 e. The molecule has 7 unspecified atom stereocenters. The molecule has 0 aromatic carbocycles. The number of esters is 1. The van der Waals surface area contributed by atoms with E-state index in [4.69, 9.17) is 37.0 Å². The fourth-order valence-electron chi connectivity index (χ4n) is 14.3. The Morgan fingerprint density at radius 1 is 0.333 bits per heavy atom. The Kier molecular flexibility index (Phi) is 78.5. The van der Waals surface area contributed by atoms with Crippen molar-refractivity contribution in [2.45, 2.75) is 465 Å². The van der Waals surface area contributed by atoms with Gasteiger partial charge < -0.3 is 54.3 Å². The number of nitrogens with zero attached hydrogens (tertiary/aromatic N) is 2. The first-order valence-electron chi connectivity index (χ1n) is 46.4. The monoisotopic (exact) mass is 1620 g/mol. The molecular weight excluding hydrogens is 1450 g/mol. The highest BCUT2D eigenvalue weighted by Gasteiger charge is 2.31. The van der Waals surface area contributed by atoms with Crippen LogP contribution in [0.4, 0.5) is 4.79 Å². The third-order valence-corrected chi connectivity index (χ3v) is 23.3. The Balaban J connectivity index is 5.84. The fraction of sp³-hybridized carbons (Fsp3) is 0.955. The number of phosphoric acid groups is 2. The van der Waals surface area contributed by atoms with Gasteiger partial charge >= 0.3 is 27.6 Å². The second-order valence-corrected chi connectivity index (χ2v) is 34.8. The predicted molar refractivity (Wildman–Crippen MR) is 456 cm³/mol. The maximum Gasteiger partial charge on any atom is 0.472 e. The number of rotatable bonds is 88. The van der Waals surface area contributed by atoms with Crippen molar-refractivity contribution in [3.05, 3.63) is 0 Å². The van der Waals surface area contributed by atoms with E-state index >= 15 is 0 Å². The molecule has 0 rings (SSSR count). The molecule has 0 saturated heterocycles. The quantitative estimate of drug-likeness (QED) is 0.0164. The van der Waals surface area contributed by atoms with Crippen molar-refractivity contribution in [1.29, 1.82) is 0 Å². The lowest BCUT2D eigenvalue weighted by atomic mass is 10.0. The van der Waals surface area contributed by atoms with Gasteiger partial charge in [0.15, 0.2) is 6.29 Å². The van der Waals surface area contributed by atoms with Crippen LogP contribution in [-0.2, 0) is 60.6 Å². The summed E-state index contributed by atoms with van der Waals surface area (Å²) in [5.74, 6) is -0.625. The number of unbranched alkanes of at least 4 members (excludes halogenated alkanes) is 47. The van der Waals surface area contributed by atoms with E-state index in [9.17, 15) is 43.2 Å². The van der Waals surface area contributed by atoms with Crippen molar-refractivity contribution < 1.29 is 80.2 Å². The molecule has 0 aliphatic heterocycles. The fourth-order valence-corrected chi connectivity index (χ4v) is 15.8. The standard InChI is InChI=1S/C88H176N4O17P2/c1-9-15-21-27-31-35-37-39-41-45-49-55-61-71-92(81(8)94)83(77-103-73-67-85(63-57-51-26-20-14-6)109-87(96)65-59-53-47-43-34-30-24-18-12-4)79-107-111(100,101)105-75-69-90-88(97)89-68-74-104-110(98,99)106-78-82(91(80(7)93)70-60-54-48-44-40-38-36-32-28-22-16-10-2)76-102-72-66-84(62-56-50-25-19-13-5)108-86(95)64-58-52-46-42-33-29-23-17-11-3/h82-86,95H,9-79H2,1-8H3,(H,98,99)(H,100,101)(H2,89,90,97). The zero-order valence-electron chi connectivity index (χ0n) is 72.9. The average molecular weight is 1620 g/mol. The van der Waals surface area contributed by atoms with E-state index in [0.717, 1.165) is 161 Å². The summed E-state index contributed by atoms with van der Waals surface area (Å²) in [4.78, 5) is 77.9. The number of hydrogen-bond donors (Lipinski definition) is 5. The smallest absolute Gasteiger partial charge is 0.462 e. The summed E-state index contributed by atoms with van der Waals surface area (Å²) in [6, 6.07) is -2.16. The summed E-state index contributed by atoms with van der Waals surface area (Å²) in [7, 11) is -9.45. The van der Waals surface area contributed by atoms with E-state index in [2.05, 4.69) is 52.2 Å². The lowest BCUT2D eigenvalue weighted by Crippen LogP contribution is -2.45. The molecule has 0 fully saturated rings. The van der Waals surface area contributed by atoms with Crippen molar-refractivity contribution in [2.75, 3.05) is 79.0 Å². The van der Waals surface area contributed by atoms with Crippen molar-refractivity contribution in [2.24, 2.45) is 0 Å². The van der Waals surface area contributed by atoms with Crippen LogP contribution in [0.25, 0.3) is 0 Å². The van der Waals surface area contributed by atoms with E-state index in [1.165, 1.54) is 206 Å². The van der Waals surface area contributed by atoms with E-state index < -0.39 is 53.3 Å². The minimum absolute atomic E-state index is 0.00779. The van der Waals surface area contributed by atoms with Crippen molar-refractivity contribution >= 4 is 39.5 Å². The Morgan fingerprint density at radius 3 is 0.937 bits per heavy atom. The first-order chi connectivity index (χ1) is 53.9. The summed E-state index contributed by atoms with van der Waals surface area (Å²) >= 11 is 0. The summed E-state index contributed by atoms with van der Waals surface area (Å²) in [5, 5.41) is 16.1. The minimum Gasteiger partial charge on any atom is -0.462 e. The number of amides is 4. The van der Waals surface area contributed by atoms with Crippen molar-refractivity contribution in [1.82, 2.24) is 20.4 Å². The zero-order valence-corrected chi connectivity index (χ0v) is 74.7. The highest BCUT2D eigenvalue weighted by atomic mass is 31.2. The molecule has 7 atom stereocenters. The normalized spacial score (nSPS) is 14.2. The number of ether oxygens (including phenoxy) is 4. The van der Waals surface area contributed by atoms with Crippen LogP contribution in [0.2, 0.25) is 0 Å². The first-order valence-corrected chi connectivity index (χ1v) is 49.4. The maximum absolute atomic E-state index is 13.4. The van der Waals surface area contributed by atoms with E-state index in [1.54, 1.807) is 9.80 Å². The number of carbonyl (C=O) groups is 4. The molecule has 0 aromatic heterocycles. The molecule has 111 heavy (non-hydrogen) atoms. The second-order valence-electron chi connectivity index (χ2n) is 31.9. The van der Waals surface area contributed by atoms with Crippen LogP contribution in [0.15, 0.2) is 0 Å². The lowest BCUT2D eigenvalue weighted by Gasteiger charge is -2.31. The molecule has 21 nitrogen and oxygen atoms in total. The van der Waals surface area contributed by atoms with Gasteiger partial charge in [-0.1, -0.05) is 350 Å². The Hall–Kier alpha value is -2.26. The van der Waals surface area contributed by atoms with E-state index in [0.29, 0.717) is 38.8 Å². The third-order valence-electron chi connectivity index (χ3n) is 21.3. The average Bonchev–Trinajstić information content (AvgIpc) is 0.882. The predicted octanol–water partition coefficient (Wildman–Crippen LogP) is 23.8. The molecule has 0 spiro atoms. The van der Waals surface area contributed by atoms with Crippen molar-refractivity contribution in [3.8, 4) is 0 Å². The molecule has 5 N–H and O–H groups in total. The van der Waals surface area contributed by atoms with Crippen LogP contribution in [-0.4, -0.2) is 158 Å². The van der Waals surface area contributed by atoms with Gasteiger partial charge in [0.05, 0.1) is 64.4 Å². The molecule has 0 bridgehead atoms. The van der Waals surface area contributed by atoms with Crippen LogP contribution in [0.1, 0.15) is 434 Å². The summed E-state index contributed by atoms with van der Waals surface area (Å²) in [6.45, 7) is 15.7. The van der Waals surface area contributed by atoms with Crippen LogP contribution < -0.4 is 10.6 Å². The molecule has 4 amide bonds. The Bertz CT molecular complexity index is 2180. The van der Waals surface area contributed by atoms with Crippen LogP contribution in [0, 0.1) is 0 Å². The van der Waals surface area contributed by atoms with Gasteiger partial charge in [-0.05, 0) is 57.8 Å². The molecule has 0 aliphatic rings. The molecule has 0 aromatic rings. The van der Waals surface area contributed by atoms with Crippen LogP contribution in [0.5, 0.6) is 0 Å². The molecule has 23 heteroatoms. The topological polar surface area (TPSA) is 267 Å². The number of aliphatic hydroxyl groups is 1. The van der Waals surface area contributed by atoms with Gasteiger partial charge in [-0.3, -0.25) is 32.5 Å². The number of carbonyl (C=O) groups excluding carboxylic acids is 4. The van der Waals surface area contributed by atoms with Gasteiger partial charge in [-0.15, -0.1) is 0 Å². The zero-order chi connectivity index (χ0) is 81.6. The highest BCUT2D eigenvalue weighted by molar-refractivity contribution is 7.47. The number of hydrogen-bond acceptors (Lipinski definition) is 15. The number of urea groups is 1. The number of phosphoric ester groups is 2. The summed E-state index contributed by atoms with van der Waals surface area (Å²) in [6.07, 6.45) is 63.5. The maximum atomic E-state index is 13.4. The minimum atomic E-state index is -4.73. The molecule has 0 radical (unpaired) electrons. The van der Waals surface area contributed by atoms with Crippen molar-refractivity contribution in [3.63, 3.8) is 0 Å². The lowest BCUT2D eigenvalue weighted by molar-refractivity contribution is -0.151. The van der Waals surface area contributed by atoms with Gasteiger partial charge in [0.25, 0.3) is 0 Å². The van der Waals surface area contributed by atoms with Gasteiger partial charge in [-0.25, -0.2) is 13.9 Å². The molecule has 660 valence electrons. The Morgan fingerprint density at radius 2 is 0.613 bits per heavy atom. The summed E-state index contributed by atoms with van der Waals surface area (Å²) in [5.41, 5.74) is 0. The molecule has 0 saturated carbocycles. The SMILES string of the molecule is CCCCCCCCCCCCCCCN(C(C)=O)C(COCCC(CCCCCCC)OC(=O)CCCCCCCCCCC)COP(=O)(O)OCCNC(=O)NCCOP(=O)(O)OCC(COCCC(CCCCCCC)OC(O)CCCCCCCCCCC)N(CCCCCCCCCCCCCC)C(C)=O. The Labute approximate surface area is 680 Å².